The lowest BCUT2D eigenvalue weighted by atomic mass is 9.91. The van der Waals surface area contributed by atoms with Gasteiger partial charge in [-0.1, -0.05) is 138 Å². The molecule has 0 aromatic heterocycles. The highest BCUT2D eigenvalue weighted by Crippen LogP contribution is 2.36. The second-order valence-electron chi connectivity index (χ2n) is 9.32. The SMILES string of the molecule is CCCCCCCCCCCCc1ccc(-c2c3ccccc3cc3ccccc23)cc1. The summed E-state index contributed by atoms with van der Waals surface area (Å²) in [5.41, 5.74) is 4.16. The maximum atomic E-state index is 2.35. The molecule has 0 amide bonds. The van der Waals surface area contributed by atoms with Crippen molar-refractivity contribution in [1.29, 1.82) is 0 Å². The van der Waals surface area contributed by atoms with E-state index >= 15 is 0 Å². The number of fused-ring (bicyclic) bond motifs is 2. The highest BCUT2D eigenvalue weighted by Gasteiger charge is 2.09. The first-order valence-electron chi connectivity index (χ1n) is 12.9. The van der Waals surface area contributed by atoms with Gasteiger partial charge in [0.1, 0.15) is 0 Å². The van der Waals surface area contributed by atoms with E-state index in [4.69, 9.17) is 0 Å². The molecule has 0 spiro atoms. The molecule has 0 radical (unpaired) electrons. The van der Waals surface area contributed by atoms with Gasteiger partial charge in [-0.25, -0.2) is 0 Å². The lowest BCUT2D eigenvalue weighted by molar-refractivity contribution is 0.556. The van der Waals surface area contributed by atoms with Crippen LogP contribution in [0.2, 0.25) is 0 Å². The third kappa shape index (κ3) is 5.80. The number of hydrogen-bond acceptors (Lipinski definition) is 0. The molecule has 32 heavy (non-hydrogen) atoms. The lowest BCUT2D eigenvalue weighted by Gasteiger charge is -2.12. The third-order valence-electron chi connectivity index (χ3n) is 6.83. The van der Waals surface area contributed by atoms with Crippen molar-refractivity contribution in [3.05, 3.63) is 84.4 Å². The predicted octanol–water partition coefficient (Wildman–Crippen LogP) is 10.1. The highest BCUT2D eigenvalue weighted by molar-refractivity contribution is 6.12. The van der Waals surface area contributed by atoms with Gasteiger partial charge in [0.2, 0.25) is 0 Å². The Morgan fingerprint density at radius 3 is 1.56 bits per heavy atom. The summed E-state index contributed by atoms with van der Waals surface area (Å²) < 4.78 is 0. The van der Waals surface area contributed by atoms with Gasteiger partial charge in [0.05, 0.1) is 0 Å². The number of hydrogen-bond donors (Lipinski definition) is 0. The van der Waals surface area contributed by atoms with Crippen LogP contribution in [0.1, 0.15) is 76.7 Å². The topological polar surface area (TPSA) is 0 Å². The van der Waals surface area contributed by atoms with Gasteiger partial charge in [-0.05, 0) is 57.1 Å². The number of benzene rings is 4. The molecule has 0 aliphatic heterocycles. The molecule has 4 aromatic carbocycles. The first-order valence-corrected chi connectivity index (χ1v) is 12.9. The van der Waals surface area contributed by atoms with Gasteiger partial charge in [0, 0.05) is 0 Å². The van der Waals surface area contributed by atoms with Crippen LogP contribution in [0.25, 0.3) is 32.7 Å². The summed E-state index contributed by atoms with van der Waals surface area (Å²) in [6, 6.07) is 29.2. The molecule has 166 valence electrons. The van der Waals surface area contributed by atoms with Crippen molar-refractivity contribution in [2.75, 3.05) is 0 Å². The van der Waals surface area contributed by atoms with Crippen LogP contribution in [0.15, 0.2) is 78.9 Å². The summed E-state index contributed by atoms with van der Waals surface area (Å²) in [4.78, 5) is 0. The second kappa shape index (κ2) is 11.9. The molecule has 4 aromatic rings. The highest BCUT2D eigenvalue weighted by atomic mass is 14.1. The Balaban J connectivity index is 1.35. The molecular formula is C32H38. The average molecular weight is 423 g/mol. The standard InChI is InChI=1S/C32H38/c1-2-3-4-5-6-7-8-9-10-11-16-26-21-23-27(24-22-26)32-30-19-14-12-17-28(30)25-29-18-13-15-20-31(29)32/h12-15,17-25H,2-11,16H2,1H3. The van der Waals surface area contributed by atoms with Crippen molar-refractivity contribution in [3.63, 3.8) is 0 Å². The van der Waals surface area contributed by atoms with Crippen molar-refractivity contribution >= 4 is 21.5 Å². The minimum Gasteiger partial charge on any atom is -0.0654 e. The van der Waals surface area contributed by atoms with E-state index in [1.807, 2.05) is 0 Å². The molecule has 0 heterocycles. The van der Waals surface area contributed by atoms with Crippen LogP contribution in [0.3, 0.4) is 0 Å². The maximum Gasteiger partial charge on any atom is -0.00268 e. The Hall–Kier alpha value is -2.60. The van der Waals surface area contributed by atoms with E-state index in [2.05, 4.69) is 85.8 Å². The van der Waals surface area contributed by atoms with Crippen LogP contribution < -0.4 is 0 Å². The van der Waals surface area contributed by atoms with Crippen molar-refractivity contribution in [1.82, 2.24) is 0 Å². The molecule has 4 rings (SSSR count). The summed E-state index contributed by atoms with van der Waals surface area (Å²) >= 11 is 0. The molecule has 0 saturated carbocycles. The molecule has 0 saturated heterocycles. The van der Waals surface area contributed by atoms with Crippen LogP contribution in [-0.4, -0.2) is 0 Å². The van der Waals surface area contributed by atoms with Gasteiger partial charge >= 0.3 is 0 Å². The molecule has 0 aliphatic carbocycles. The van der Waals surface area contributed by atoms with E-state index < -0.39 is 0 Å². The van der Waals surface area contributed by atoms with Gasteiger partial charge in [-0.2, -0.15) is 0 Å². The fraction of sp³-hybridized carbons (Fsp3) is 0.375. The Labute approximate surface area is 194 Å². The van der Waals surface area contributed by atoms with Gasteiger partial charge in [0.15, 0.2) is 0 Å². The normalized spacial score (nSPS) is 11.4. The molecule has 0 nitrogen and oxygen atoms in total. The minimum atomic E-state index is 1.20. The lowest BCUT2D eigenvalue weighted by Crippen LogP contribution is -1.89. The summed E-state index contributed by atoms with van der Waals surface area (Å²) in [6.45, 7) is 2.29. The zero-order chi connectivity index (χ0) is 22.0. The summed E-state index contributed by atoms with van der Waals surface area (Å²) in [5.74, 6) is 0. The first-order chi connectivity index (χ1) is 15.9. The monoisotopic (exact) mass is 422 g/mol. The third-order valence-corrected chi connectivity index (χ3v) is 6.83. The van der Waals surface area contributed by atoms with Crippen LogP contribution in [0.5, 0.6) is 0 Å². The van der Waals surface area contributed by atoms with E-state index in [1.54, 1.807) is 0 Å². The van der Waals surface area contributed by atoms with E-state index in [0.717, 1.165) is 0 Å². The zero-order valence-corrected chi connectivity index (χ0v) is 19.8. The molecule has 0 fully saturated rings. The van der Waals surface area contributed by atoms with E-state index in [0.29, 0.717) is 0 Å². The Morgan fingerprint density at radius 2 is 1.00 bits per heavy atom. The quantitative estimate of drug-likeness (QED) is 0.157. The summed E-state index contributed by atoms with van der Waals surface area (Å²) in [6.07, 6.45) is 15.2. The minimum absolute atomic E-state index is 1.20. The van der Waals surface area contributed by atoms with Crippen molar-refractivity contribution < 1.29 is 0 Å². The number of rotatable bonds is 12. The average Bonchev–Trinajstić information content (AvgIpc) is 2.84. The molecule has 0 atom stereocenters. The molecule has 0 heteroatoms. The maximum absolute atomic E-state index is 2.35. The zero-order valence-electron chi connectivity index (χ0n) is 19.8. The largest absolute Gasteiger partial charge is 0.0654 e. The molecule has 0 bridgehead atoms. The summed E-state index contributed by atoms with van der Waals surface area (Å²) in [5, 5.41) is 5.31. The second-order valence-corrected chi connectivity index (χ2v) is 9.32. The molecular weight excluding hydrogens is 384 g/mol. The van der Waals surface area contributed by atoms with Crippen LogP contribution in [0, 0.1) is 0 Å². The fourth-order valence-corrected chi connectivity index (χ4v) is 4.98. The van der Waals surface area contributed by atoms with E-state index in [9.17, 15) is 0 Å². The van der Waals surface area contributed by atoms with Crippen molar-refractivity contribution in [3.8, 4) is 11.1 Å². The van der Waals surface area contributed by atoms with Gasteiger partial charge in [0.25, 0.3) is 0 Å². The molecule has 0 N–H and O–H groups in total. The fourth-order valence-electron chi connectivity index (χ4n) is 4.98. The van der Waals surface area contributed by atoms with Crippen molar-refractivity contribution in [2.45, 2.75) is 77.6 Å². The van der Waals surface area contributed by atoms with Crippen LogP contribution in [0.4, 0.5) is 0 Å². The molecule has 0 unspecified atom stereocenters. The first kappa shape index (κ1) is 22.6. The Kier molecular flexibility index (Phi) is 8.37. The number of unbranched alkanes of at least 4 members (excludes halogenated alkanes) is 9. The summed E-state index contributed by atoms with van der Waals surface area (Å²) in [7, 11) is 0. The Morgan fingerprint density at radius 1 is 0.500 bits per heavy atom. The van der Waals surface area contributed by atoms with Crippen LogP contribution in [-0.2, 0) is 6.42 Å². The van der Waals surface area contributed by atoms with Gasteiger partial charge in [-0.3, -0.25) is 0 Å². The number of aryl methyl sites for hydroxylation is 1. The van der Waals surface area contributed by atoms with Gasteiger partial charge in [-0.15, -0.1) is 0 Å². The van der Waals surface area contributed by atoms with E-state index in [1.165, 1.54) is 109 Å². The predicted molar refractivity (Wildman–Crippen MR) is 142 cm³/mol. The molecule has 0 aliphatic rings. The van der Waals surface area contributed by atoms with Gasteiger partial charge < -0.3 is 0 Å². The van der Waals surface area contributed by atoms with Crippen LogP contribution >= 0.6 is 0 Å². The van der Waals surface area contributed by atoms with Crippen molar-refractivity contribution in [2.24, 2.45) is 0 Å². The smallest absolute Gasteiger partial charge is 0.00268 e. The van der Waals surface area contributed by atoms with E-state index in [-0.39, 0.29) is 0 Å². The Bertz CT molecular complexity index is 1050.